The summed E-state index contributed by atoms with van der Waals surface area (Å²) in [5.74, 6) is 0. The Kier molecular flexibility index (Phi) is 2.26. The molecule has 2 unspecified atom stereocenters. The van der Waals surface area contributed by atoms with E-state index in [0.717, 1.165) is 18.7 Å². The van der Waals surface area contributed by atoms with Gasteiger partial charge in [0.15, 0.2) is 0 Å². The zero-order valence-corrected chi connectivity index (χ0v) is 8.98. The van der Waals surface area contributed by atoms with Crippen molar-refractivity contribution in [1.82, 2.24) is 9.80 Å². The SMILES string of the molecule is CN1CCC2CCC(C1)N2C[C@@H]1CO1. The standard InChI is InChI=1S/C11H20N2O/c1-12-5-4-9-2-3-10(6-12)13(9)7-11-8-14-11/h9-11H,2-8H2,1H3/t9?,10?,11-/m1/s1. The number of hydrogen-bond acceptors (Lipinski definition) is 3. The van der Waals surface area contributed by atoms with E-state index in [9.17, 15) is 0 Å². The van der Waals surface area contributed by atoms with Crippen LogP contribution in [0.15, 0.2) is 0 Å². The zero-order chi connectivity index (χ0) is 9.54. The summed E-state index contributed by atoms with van der Waals surface area (Å²) in [6, 6.07) is 1.67. The summed E-state index contributed by atoms with van der Waals surface area (Å²) in [5, 5.41) is 0. The van der Waals surface area contributed by atoms with Gasteiger partial charge in [0.25, 0.3) is 0 Å². The monoisotopic (exact) mass is 196 g/mol. The van der Waals surface area contributed by atoms with E-state index in [0.29, 0.717) is 6.10 Å². The predicted octanol–water partition coefficient (Wildman–Crippen LogP) is 0.554. The Morgan fingerprint density at radius 2 is 2.00 bits per heavy atom. The van der Waals surface area contributed by atoms with Crippen LogP contribution in [0.4, 0.5) is 0 Å². The summed E-state index contributed by atoms with van der Waals surface area (Å²) < 4.78 is 5.35. The number of likely N-dealkylation sites (N-methyl/N-ethyl adjacent to an activating group) is 1. The van der Waals surface area contributed by atoms with Gasteiger partial charge in [-0.3, -0.25) is 4.90 Å². The van der Waals surface area contributed by atoms with Crippen molar-refractivity contribution in [1.29, 1.82) is 0 Å². The third kappa shape index (κ3) is 1.69. The molecule has 3 saturated heterocycles. The third-order valence-corrected chi connectivity index (χ3v) is 3.95. The van der Waals surface area contributed by atoms with Crippen LogP contribution in [0.1, 0.15) is 19.3 Å². The fourth-order valence-corrected chi connectivity index (χ4v) is 3.05. The molecule has 3 rings (SSSR count). The van der Waals surface area contributed by atoms with Crippen molar-refractivity contribution in [2.75, 3.05) is 33.3 Å². The van der Waals surface area contributed by atoms with Crippen LogP contribution in [0.3, 0.4) is 0 Å². The zero-order valence-electron chi connectivity index (χ0n) is 8.98. The first-order chi connectivity index (χ1) is 6.83. The van der Waals surface area contributed by atoms with E-state index < -0.39 is 0 Å². The molecule has 3 heteroatoms. The summed E-state index contributed by atoms with van der Waals surface area (Å²) in [7, 11) is 2.26. The minimum absolute atomic E-state index is 0.571. The fraction of sp³-hybridized carbons (Fsp3) is 1.00. The predicted molar refractivity (Wildman–Crippen MR) is 55.4 cm³/mol. The molecule has 0 aliphatic carbocycles. The van der Waals surface area contributed by atoms with Gasteiger partial charge in [-0.2, -0.15) is 0 Å². The molecule has 0 amide bonds. The Morgan fingerprint density at radius 3 is 2.79 bits per heavy atom. The van der Waals surface area contributed by atoms with Crippen molar-refractivity contribution in [3.05, 3.63) is 0 Å². The molecule has 3 atom stereocenters. The Balaban J connectivity index is 1.69. The summed E-state index contributed by atoms with van der Waals surface area (Å²) >= 11 is 0. The van der Waals surface area contributed by atoms with E-state index in [-0.39, 0.29) is 0 Å². The first kappa shape index (κ1) is 9.13. The summed E-state index contributed by atoms with van der Waals surface area (Å²) in [6.45, 7) is 4.75. The van der Waals surface area contributed by atoms with Crippen molar-refractivity contribution in [3.8, 4) is 0 Å². The second kappa shape index (κ2) is 3.47. The van der Waals surface area contributed by atoms with Gasteiger partial charge in [-0.15, -0.1) is 0 Å². The fourth-order valence-electron chi connectivity index (χ4n) is 3.05. The van der Waals surface area contributed by atoms with Crippen molar-refractivity contribution in [2.45, 2.75) is 37.5 Å². The van der Waals surface area contributed by atoms with E-state index >= 15 is 0 Å². The Hall–Kier alpha value is -0.120. The smallest absolute Gasteiger partial charge is 0.0936 e. The maximum Gasteiger partial charge on any atom is 0.0936 e. The molecule has 0 radical (unpaired) electrons. The van der Waals surface area contributed by atoms with Gasteiger partial charge < -0.3 is 9.64 Å². The van der Waals surface area contributed by atoms with Crippen molar-refractivity contribution >= 4 is 0 Å². The number of ether oxygens (including phenoxy) is 1. The van der Waals surface area contributed by atoms with Crippen LogP contribution in [0.2, 0.25) is 0 Å². The summed E-state index contributed by atoms with van der Waals surface area (Å²) in [4.78, 5) is 5.21. The number of epoxide rings is 1. The van der Waals surface area contributed by atoms with Gasteiger partial charge in [-0.1, -0.05) is 0 Å². The summed E-state index contributed by atoms with van der Waals surface area (Å²) in [5.41, 5.74) is 0. The van der Waals surface area contributed by atoms with Crippen molar-refractivity contribution in [2.24, 2.45) is 0 Å². The minimum atomic E-state index is 0.571. The number of rotatable bonds is 2. The molecule has 0 aromatic carbocycles. The van der Waals surface area contributed by atoms with Crippen LogP contribution in [0.25, 0.3) is 0 Å². The van der Waals surface area contributed by atoms with Gasteiger partial charge in [0, 0.05) is 25.2 Å². The molecule has 0 aromatic heterocycles. The molecular formula is C11H20N2O. The molecule has 14 heavy (non-hydrogen) atoms. The van der Waals surface area contributed by atoms with Crippen LogP contribution in [-0.4, -0.2) is 61.3 Å². The lowest BCUT2D eigenvalue weighted by atomic mass is 10.1. The number of hydrogen-bond donors (Lipinski definition) is 0. The molecule has 3 fully saturated rings. The maximum atomic E-state index is 5.35. The van der Waals surface area contributed by atoms with Crippen LogP contribution in [-0.2, 0) is 4.74 Å². The Labute approximate surface area is 86.0 Å². The maximum absolute atomic E-state index is 5.35. The molecule has 2 bridgehead atoms. The highest BCUT2D eigenvalue weighted by molar-refractivity contribution is 4.94. The third-order valence-electron chi connectivity index (χ3n) is 3.95. The quantitative estimate of drug-likeness (QED) is 0.601. The summed E-state index contributed by atoms with van der Waals surface area (Å²) in [6.07, 6.45) is 4.76. The van der Waals surface area contributed by atoms with Crippen LogP contribution in [0.5, 0.6) is 0 Å². The van der Waals surface area contributed by atoms with E-state index in [1.54, 1.807) is 0 Å². The average Bonchev–Trinajstić information content (AvgIpc) is 2.88. The molecule has 3 heterocycles. The lowest BCUT2D eigenvalue weighted by molar-refractivity contribution is 0.175. The highest BCUT2D eigenvalue weighted by Gasteiger charge is 2.39. The number of likely N-dealkylation sites (tertiary alicyclic amines) is 1. The minimum Gasteiger partial charge on any atom is -0.372 e. The molecule has 0 aromatic rings. The topological polar surface area (TPSA) is 19.0 Å². The Morgan fingerprint density at radius 1 is 1.21 bits per heavy atom. The average molecular weight is 196 g/mol. The number of fused-ring (bicyclic) bond motifs is 2. The van der Waals surface area contributed by atoms with Crippen LogP contribution >= 0.6 is 0 Å². The molecule has 3 aliphatic rings. The van der Waals surface area contributed by atoms with Gasteiger partial charge in [0.05, 0.1) is 12.7 Å². The highest BCUT2D eigenvalue weighted by atomic mass is 16.6. The molecule has 0 saturated carbocycles. The van der Waals surface area contributed by atoms with Gasteiger partial charge in [-0.05, 0) is 32.9 Å². The van der Waals surface area contributed by atoms with Crippen LogP contribution < -0.4 is 0 Å². The van der Waals surface area contributed by atoms with E-state index in [4.69, 9.17) is 4.74 Å². The molecule has 80 valence electrons. The first-order valence-corrected chi connectivity index (χ1v) is 5.89. The first-order valence-electron chi connectivity index (χ1n) is 5.89. The number of nitrogens with zero attached hydrogens (tertiary/aromatic N) is 2. The normalized spacial score (nSPS) is 43.9. The second-order valence-electron chi connectivity index (χ2n) is 5.09. The van der Waals surface area contributed by atoms with E-state index in [2.05, 4.69) is 16.8 Å². The highest BCUT2D eigenvalue weighted by Crippen LogP contribution is 2.31. The van der Waals surface area contributed by atoms with Crippen molar-refractivity contribution in [3.63, 3.8) is 0 Å². The molecule has 3 aliphatic heterocycles. The lowest BCUT2D eigenvalue weighted by Gasteiger charge is -2.27. The van der Waals surface area contributed by atoms with Crippen LogP contribution in [0, 0.1) is 0 Å². The molecule has 0 spiro atoms. The van der Waals surface area contributed by atoms with Crippen molar-refractivity contribution < 1.29 is 4.74 Å². The second-order valence-corrected chi connectivity index (χ2v) is 5.09. The largest absolute Gasteiger partial charge is 0.372 e. The molecule has 0 N–H and O–H groups in total. The molecule has 3 nitrogen and oxygen atoms in total. The lowest BCUT2D eigenvalue weighted by Crippen LogP contribution is -2.40. The molecular weight excluding hydrogens is 176 g/mol. The van der Waals surface area contributed by atoms with E-state index in [1.165, 1.54) is 38.9 Å². The van der Waals surface area contributed by atoms with Gasteiger partial charge in [-0.25, -0.2) is 0 Å². The Bertz CT molecular complexity index is 217. The van der Waals surface area contributed by atoms with Gasteiger partial charge in [0.1, 0.15) is 0 Å². The van der Waals surface area contributed by atoms with E-state index in [1.807, 2.05) is 0 Å². The van der Waals surface area contributed by atoms with Gasteiger partial charge >= 0.3 is 0 Å². The van der Waals surface area contributed by atoms with Gasteiger partial charge in [0.2, 0.25) is 0 Å².